The fourth-order valence-electron chi connectivity index (χ4n) is 1.99. The van der Waals surface area contributed by atoms with Crippen LogP contribution >= 0.6 is 0 Å². The lowest BCUT2D eigenvalue weighted by atomic mass is 10.2. The predicted octanol–water partition coefficient (Wildman–Crippen LogP) is 2.60. The minimum Gasteiger partial charge on any atom is -0.366 e. The number of anilines is 1. The second kappa shape index (κ2) is 5.15. The molecule has 3 nitrogen and oxygen atoms in total. The third kappa shape index (κ3) is 3.17. The Hall–Kier alpha value is -1.61. The van der Waals surface area contributed by atoms with Crippen LogP contribution < -0.4 is 5.32 Å². The molecular weight excluding hydrogens is 210 g/mol. The average Bonchev–Trinajstić information content (AvgIpc) is 2.27. The van der Waals surface area contributed by atoms with E-state index in [1.807, 2.05) is 24.3 Å². The second-order valence-electron chi connectivity index (χ2n) is 4.70. The Morgan fingerprint density at radius 2 is 1.94 bits per heavy atom. The van der Waals surface area contributed by atoms with E-state index < -0.39 is 0 Å². The number of rotatable bonds is 4. The first kappa shape index (κ1) is 11.9. The number of hydrogen-bond acceptors (Lipinski definition) is 3. The predicted molar refractivity (Wildman–Crippen MR) is 73.4 cm³/mol. The lowest BCUT2D eigenvalue weighted by Gasteiger charge is -2.18. The minimum absolute atomic E-state index is 0.388. The zero-order valence-corrected chi connectivity index (χ0v) is 10.6. The van der Waals surface area contributed by atoms with E-state index in [4.69, 9.17) is 0 Å². The highest BCUT2D eigenvalue weighted by Gasteiger charge is 2.04. The molecule has 2 aromatic rings. The summed E-state index contributed by atoms with van der Waals surface area (Å²) in [5, 5.41) is 4.59. The van der Waals surface area contributed by atoms with Crippen molar-refractivity contribution in [3.8, 4) is 0 Å². The Labute approximate surface area is 102 Å². The molecule has 3 heteroatoms. The molecule has 0 fully saturated rings. The van der Waals surface area contributed by atoms with E-state index in [1.54, 1.807) is 0 Å². The van der Waals surface area contributed by atoms with Gasteiger partial charge in [-0.1, -0.05) is 18.2 Å². The molecule has 0 amide bonds. The van der Waals surface area contributed by atoms with Crippen LogP contribution in [0.25, 0.3) is 10.9 Å². The van der Waals surface area contributed by atoms with E-state index >= 15 is 0 Å². The first-order valence-corrected chi connectivity index (χ1v) is 5.92. The molecule has 0 aliphatic carbocycles. The van der Waals surface area contributed by atoms with Gasteiger partial charge in [0.15, 0.2) is 0 Å². The largest absolute Gasteiger partial charge is 0.366 e. The van der Waals surface area contributed by atoms with E-state index in [1.165, 1.54) is 5.39 Å². The van der Waals surface area contributed by atoms with Gasteiger partial charge in [-0.2, -0.15) is 0 Å². The van der Waals surface area contributed by atoms with Crippen molar-refractivity contribution in [3.05, 3.63) is 36.4 Å². The molecule has 0 aliphatic heterocycles. The summed E-state index contributed by atoms with van der Waals surface area (Å²) in [5.41, 5.74) is 1.04. The van der Waals surface area contributed by atoms with Gasteiger partial charge in [0.05, 0.1) is 5.52 Å². The van der Waals surface area contributed by atoms with Crippen molar-refractivity contribution in [2.24, 2.45) is 0 Å². The summed E-state index contributed by atoms with van der Waals surface area (Å²) in [6.45, 7) is 3.16. The molecule has 1 aromatic heterocycles. The van der Waals surface area contributed by atoms with Gasteiger partial charge in [0.1, 0.15) is 5.82 Å². The third-order valence-electron chi connectivity index (χ3n) is 2.63. The smallest absolute Gasteiger partial charge is 0.126 e. The van der Waals surface area contributed by atoms with Gasteiger partial charge in [-0.15, -0.1) is 0 Å². The summed E-state index contributed by atoms with van der Waals surface area (Å²) in [4.78, 5) is 6.76. The highest BCUT2D eigenvalue weighted by atomic mass is 15.1. The van der Waals surface area contributed by atoms with Crippen LogP contribution in [0.15, 0.2) is 36.4 Å². The molecule has 2 rings (SSSR count). The summed E-state index contributed by atoms with van der Waals surface area (Å²) in [6, 6.07) is 12.7. The maximum Gasteiger partial charge on any atom is 0.126 e. The van der Waals surface area contributed by atoms with Gasteiger partial charge in [0.25, 0.3) is 0 Å². The van der Waals surface area contributed by atoms with Crippen LogP contribution in [0.2, 0.25) is 0 Å². The van der Waals surface area contributed by atoms with Crippen molar-refractivity contribution in [3.63, 3.8) is 0 Å². The number of pyridine rings is 1. The van der Waals surface area contributed by atoms with Crippen molar-refractivity contribution in [1.29, 1.82) is 0 Å². The number of nitrogens with one attached hydrogen (secondary N) is 1. The molecule has 17 heavy (non-hydrogen) atoms. The van der Waals surface area contributed by atoms with Crippen LogP contribution in [0.5, 0.6) is 0 Å². The number of hydrogen-bond donors (Lipinski definition) is 1. The van der Waals surface area contributed by atoms with Crippen molar-refractivity contribution < 1.29 is 0 Å². The molecular formula is C14H19N3. The Morgan fingerprint density at radius 1 is 1.18 bits per heavy atom. The lowest BCUT2D eigenvalue weighted by Crippen LogP contribution is -2.29. The SMILES string of the molecule is CC(CN(C)C)Nc1ccc2ccccc2n1. The lowest BCUT2D eigenvalue weighted by molar-refractivity contribution is 0.392. The highest BCUT2D eigenvalue weighted by Crippen LogP contribution is 2.15. The van der Waals surface area contributed by atoms with Crippen LogP contribution in [-0.2, 0) is 0 Å². The minimum atomic E-state index is 0.388. The number of para-hydroxylation sites is 1. The van der Waals surface area contributed by atoms with Crippen LogP contribution in [0.4, 0.5) is 5.82 Å². The molecule has 0 spiro atoms. The van der Waals surface area contributed by atoms with Crippen LogP contribution in [-0.4, -0.2) is 36.6 Å². The molecule has 1 aromatic carbocycles. The topological polar surface area (TPSA) is 28.2 Å². The molecule has 1 N–H and O–H groups in total. The number of nitrogens with zero attached hydrogens (tertiary/aromatic N) is 2. The molecule has 0 radical (unpaired) electrons. The van der Waals surface area contributed by atoms with Crippen molar-refractivity contribution in [2.45, 2.75) is 13.0 Å². The zero-order chi connectivity index (χ0) is 12.3. The van der Waals surface area contributed by atoms with E-state index in [9.17, 15) is 0 Å². The molecule has 0 saturated carbocycles. The Bertz CT molecular complexity index is 494. The molecule has 1 atom stereocenters. The summed E-state index contributed by atoms with van der Waals surface area (Å²) < 4.78 is 0. The third-order valence-corrected chi connectivity index (χ3v) is 2.63. The van der Waals surface area contributed by atoms with Crippen molar-refractivity contribution in [1.82, 2.24) is 9.88 Å². The standard InChI is InChI=1S/C14H19N3/c1-11(10-17(2)3)15-14-9-8-12-6-4-5-7-13(12)16-14/h4-9,11H,10H2,1-3H3,(H,15,16). The van der Waals surface area contributed by atoms with Gasteiger partial charge in [-0.3, -0.25) is 0 Å². The summed E-state index contributed by atoms with van der Waals surface area (Å²) in [7, 11) is 4.15. The van der Waals surface area contributed by atoms with Gasteiger partial charge in [-0.25, -0.2) is 4.98 Å². The molecule has 0 saturated heterocycles. The number of fused-ring (bicyclic) bond motifs is 1. The highest BCUT2D eigenvalue weighted by molar-refractivity contribution is 5.80. The van der Waals surface area contributed by atoms with Gasteiger partial charge in [0, 0.05) is 18.0 Å². The fraction of sp³-hybridized carbons (Fsp3) is 0.357. The molecule has 0 aliphatic rings. The average molecular weight is 229 g/mol. The summed E-state index contributed by atoms with van der Waals surface area (Å²) in [5.74, 6) is 0.943. The normalized spacial score (nSPS) is 12.9. The summed E-state index contributed by atoms with van der Waals surface area (Å²) in [6.07, 6.45) is 0. The molecule has 1 unspecified atom stereocenters. The number of aromatic nitrogens is 1. The zero-order valence-electron chi connectivity index (χ0n) is 10.6. The van der Waals surface area contributed by atoms with E-state index in [0.717, 1.165) is 17.9 Å². The first-order valence-electron chi connectivity index (χ1n) is 5.92. The second-order valence-corrected chi connectivity index (χ2v) is 4.70. The first-order chi connectivity index (χ1) is 8.15. The van der Waals surface area contributed by atoms with Crippen LogP contribution in [0.3, 0.4) is 0 Å². The van der Waals surface area contributed by atoms with Crippen molar-refractivity contribution >= 4 is 16.7 Å². The van der Waals surface area contributed by atoms with Gasteiger partial charge >= 0.3 is 0 Å². The molecule has 1 heterocycles. The quantitative estimate of drug-likeness (QED) is 0.873. The van der Waals surface area contributed by atoms with Crippen LogP contribution in [0, 0.1) is 0 Å². The number of likely N-dealkylation sites (N-methyl/N-ethyl adjacent to an activating group) is 1. The molecule has 90 valence electrons. The Kier molecular flexibility index (Phi) is 3.59. The summed E-state index contributed by atoms with van der Waals surface area (Å²) >= 11 is 0. The fourth-order valence-corrected chi connectivity index (χ4v) is 1.99. The van der Waals surface area contributed by atoms with E-state index in [-0.39, 0.29) is 0 Å². The van der Waals surface area contributed by atoms with Crippen LogP contribution in [0.1, 0.15) is 6.92 Å². The Morgan fingerprint density at radius 3 is 2.71 bits per heavy atom. The molecule has 0 bridgehead atoms. The van der Waals surface area contributed by atoms with Crippen molar-refractivity contribution in [2.75, 3.05) is 26.0 Å². The maximum atomic E-state index is 4.59. The maximum absolute atomic E-state index is 4.59. The number of benzene rings is 1. The van der Waals surface area contributed by atoms with Gasteiger partial charge in [-0.05, 0) is 39.2 Å². The van der Waals surface area contributed by atoms with E-state index in [0.29, 0.717) is 6.04 Å². The van der Waals surface area contributed by atoms with Gasteiger partial charge < -0.3 is 10.2 Å². The van der Waals surface area contributed by atoms with E-state index in [2.05, 4.69) is 48.4 Å². The van der Waals surface area contributed by atoms with Gasteiger partial charge in [0.2, 0.25) is 0 Å². The monoisotopic (exact) mass is 229 g/mol. The Balaban J connectivity index is 2.14.